The summed E-state index contributed by atoms with van der Waals surface area (Å²) in [6.07, 6.45) is 2.35. The predicted molar refractivity (Wildman–Crippen MR) is 114 cm³/mol. The summed E-state index contributed by atoms with van der Waals surface area (Å²) in [6, 6.07) is 18.1. The van der Waals surface area contributed by atoms with E-state index in [1.807, 2.05) is 11.3 Å². The number of nitrogens with zero attached hydrogens (tertiary/aromatic N) is 1. The number of rotatable bonds is 2. The molecule has 0 aliphatic rings. The Bertz CT molecular complexity index is 1100. The van der Waals surface area contributed by atoms with Crippen LogP contribution in [0.1, 0.15) is 5.56 Å². The van der Waals surface area contributed by atoms with Crippen molar-refractivity contribution in [3.05, 3.63) is 60.3 Å². The minimum atomic E-state index is -1.80. The molecule has 1 nitrogen and oxygen atoms in total. The molecule has 0 atom stereocenters. The first kappa shape index (κ1) is 16.8. The molecule has 2 aromatic carbocycles. The minimum absolute atomic E-state index is 1.30. The molecule has 0 aliphatic carbocycles. The van der Waals surface area contributed by atoms with Crippen LogP contribution >= 0.6 is 11.3 Å². The molecule has 0 N–H and O–H groups in total. The summed E-state index contributed by atoms with van der Waals surface area (Å²) in [4.78, 5) is 0. The molecule has 0 amide bonds. The van der Waals surface area contributed by atoms with Gasteiger partial charge in [0.15, 0.2) is 0 Å². The fraction of sp³-hybridized carbons (Fsp3) is 0.227. The van der Waals surface area contributed by atoms with Gasteiger partial charge in [-0.3, -0.25) is 0 Å². The van der Waals surface area contributed by atoms with Crippen LogP contribution in [-0.4, -0.2) is 13.3 Å². The predicted octanol–water partition coefficient (Wildman–Crippen LogP) is 5.40. The molecule has 0 bridgehead atoms. The summed E-state index contributed by atoms with van der Waals surface area (Å²) in [5.41, 5.74) is 3.98. The first-order chi connectivity index (χ1) is 11.8. The molecule has 0 saturated carbocycles. The molecule has 2 heterocycles. The van der Waals surface area contributed by atoms with Crippen LogP contribution in [0.4, 0.5) is 0 Å². The van der Waals surface area contributed by atoms with Crippen LogP contribution in [0.2, 0.25) is 17.3 Å². The second-order valence-electron chi connectivity index (χ2n) is 7.93. The van der Waals surface area contributed by atoms with E-state index in [1.165, 1.54) is 37.0 Å². The number of thiophene rings is 1. The Kier molecular flexibility index (Phi) is 4.01. The van der Waals surface area contributed by atoms with Gasteiger partial charge >= 0.3 is 157 Å². The summed E-state index contributed by atoms with van der Waals surface area (Å²) in [5, 5.41) is 2.74. The maximum absolute atomic E-state index is 2.45. The van der Waals surface area contributed by atoms with Crippen molar-refractivity contribution >= 4 is 49.2 Å². The van der Waals surface area contributed by atoms with Crippen molar-refractivity contribution in [1.82, 2.24) is 0 Å². The third-order valence-electron chi connectivity index (χ3n) is 5.00. The van der Waals surface area contributed by atoms with E-state index in [2.05, 4.69) is 90.5 Å². The van der Waals surface area contributed by atoms with Crippen LogP contribution in [0.25, 0.3) is 31.4 Å². The van der Waals surface area contributed by atoms with Gasteiger partial charge in [0, 0.05) is 0 Å². The van der Waals surface area contributed by atoms with Gasteiger partial charge in [-0.05, 0) is 0 Å². The summed E-state index contributed by atoms with van der Waals surface area (Å²) in [7, 11) is 2.18. The third kappa shape index (κ3) is 2.92. The molecule has 0 saturated heterocycles. The van der Waals surface area contributed by atoms with Gasteiger partial charge in [-0.1, -0.05) is 0 Å². The van der Waals surface area contributed by atoms with Crippen LogP contribution in [0, 0.1) is 6.92 Å². The number of pyridine rings is 1. The topological polar surface area (TPSA) is 3.88 Å². The fourth-order valence-corrected chi connectivity index (χ4v) is 7.11. The monoisotopic (exact) mass is 408 g/mol. The van der Waals surface area contributed by atoms with E-state index >= 15 is 0 Å². The van der Waals surface area contributed by atoms with Gasteiger partial charge in [0.1, 0.15) is 0 Å². The number of benzene rings is 2. The normalized spacial score (nSPS) is 12.2. The number of aromatic nitrogens is 1. The summed E-state index contributed by atoms with van der Waals surface area (Å²) in [5.74, 6) is 7.34. The van der Waals surface area contributed by atoms with Crippen LogP contribution in [0.15, 0.2) is 54.7 Å². The summed E-state index contributed by atoms with van der Waals surface area (Å²) >= 11 is 0.0903. The molecule has 3 heteroatoms. The molecular weight excluding hydrogens is 383 g/mol. The van der Waals surface area contributed by atoms with Gasteiger partial charge in [0.05, 0.1) is 0 Å². The summed E-state index contributed by atoms with van der Waals surface area (Å²) in [6.45, 7) is 2.23. The van der Waals surface area contributed by atoms with Crippen molar-refractivity contribution in [2.75, 3.05) is 0 Å². The van der Waals surface area contributed by atoms with E-state index in [9.17, 15) is 0 Å². The molecule has 0 spiro atoms. The van der Waals surface area contributed by atoms with Crippen LogP contribution in [0.3, 0.4) is 0 Å². The van der Waals surface area contributed by atoms with Gasteiger partial charge < -0.3 is 0 Å². The van der Waals surface area contributed by atoms with Crippen molar-refractivity contribution in [3.8, 4) is 11.3 Å². The van der Waals surface area contributed by atoms with Gasteiger partial charge in [0.25, 0.3) is 0 Å². The van der Waals surface area contributed by atoms with E-state index in [0.717, 1.165) is 0 Å². The Morgan fingerprint density at radius 2 is 1.64 bits per heavy atom. The zero-order valence-electron chi connectivity index (χ0n) is 15.6. The van der Waals surface area contributed by atoms with E-state index in [4.69, 9.17) is 0 Å². The van der Waals surface area contributed by atoms with Crippen LogP contribution in [0.5, 0.6) is 0 Å². The number of hydrogen-bond acceptors (Lipinski definition) is 1. The molecule has 4 rings (SSSR count). The molecule has 0 fully saturated rings. The second kappa shape index (κ2) is 5.96. The quantitative estimate of drug-likeness (QED) is 0.310. The molecule has 126 valence electrons. The zero-order valence-corrected chi connectivity index (χ0v) is 18.5. The average Bonchev–Trinajstić information content (AvgIpc) is 2.90. The Morgan fingerprint density at radius 1 is 0.880 bits per heavy atom. The van der Waals surface area contributed by atoms with Crippen molar-refractivity contribution in [1.29, 1.82) is 0 Å². The summed E-state index contributed by atoms with van der Waals surface area (Å²) < 4.78 is 6.61. The van der Waals surface area contributed by atoms with Crippen molar-refractivity contribution in [3.63, 3.8) is 0 Å². The standard InChI is InChI=1S/C22H24GeNS/c1-15-12-22-19(17-8-6-7-9-21(17)25-22)13-18(15)20-11-10-16(14-24(20)5)23(2,3)4/h6-14H,1-5H3/q+1. The Hall–Kier alpha value is -1.65. The SMILES string of the molecule is Cc1cc2sc3ccccc3c2cc1-c1cc[c]([Ge]([CH3])([CH3])[CH3])c[n+]1C. The van der Waals surface area contributed by atoms with Crippen molar-refractivity contribution < 1.29 is 4.57 Å². The molecule has 25 heavy (non-hydrogen) atoms. The maximum atomic E-state index is 2.45. The van der Waals surface area contributed by atoms with Crippen molar-refractivity contribution in [2.45, 2.75) is 24.2 Å². The van der Waals surface area contributed by atoms with E-state index in [0.29, 0.717) is 0 Å². The molecule has 4 aromatic rings. The van der Waals surface area contributed by atoms with Gasteiger partial charge in [0.2, 0.25) is 0 Å². The van der Waals surface area contributed by atoms with Crippen LogP contribution < -0.4 is 8.96 Å². The molecule has 0 unspecified atom stereocenters. The number of aryl methyl sites for hydroxylation is 2. The first-order valence-electron chi connectivity index (χ1n) is 8.77. The van der Waals surface area contributed by atoms with Crippen LogP contribution in [-0.2, 0) is 7.05 Å². The molecule has 2 aromatic heterocycles. The van der Waals surface area contributed by atoms with Gasteiger partial charge in [-0.15, -0.1) is 0 Å². The van der Waals surface area contributed by atoms with Crippen molar-refractivity contribution in [2.24, 2.45) is 7.05 Å². The van der Waals surface area contributed by atoms with Gasteiger partial charge in [-0.2, -0.15) is 0 Å². The first-order valence-corrected chi connectivity index (χ1v) is 16.9. The molecule has 0 aliphatic heterocycles. The molecular formula is C22H24GeNS+. The number of hydrogen-bond donors (Lipinski definition) is 0. The Labute approximate surface area is 156 Å². The average molecular weight is 407 g/mol. The van der Waals surface area contributed by atoms with E-state index < -0.39 is 13.3 Å². The van der Waals surface area contributed by atoms with Gasteiger partial charge in [-0.25, -0.2) is 0 Å². The van der Waals surface area contributed by atoms with E-state index in [1.54, 1.807) is 4.40 Å². The van der Waals surface area contributed by atoms with E-state index in [-0.39, 0.29) is 0 Å². The second-order valence-corrected chi connectivity index (χ2v) is 19.7. The number of fused-ring (bicyclic) bond motifs is 3. The Balaban J connectivity index is 1.94. The zero-order chi connectivity index (χ0) is 17.8. The third-order valence-corrected chi connectivity index (χ3v) is 10.4. The fourth-order valence-electron chi connectivity index (χ4n) is 3.48. The Morgan fingerprint density at radius 3 is 2.36 bits per heavy atom. The molecule has 0 radical (unpaired) electrons.